The Morgan fingerprint density at radius 3 is 2.76 bits per heavy atom. The number of ether oxygens (including phenoxy) is 2. The maximum absolute atomic E-state index is 5.85. The number of rotatable bonds is 8. The highest BCUT2D eigenvalue weighted by molar-refractivity contribution is 7.09. The van der Waals surface area contributed by atoms with Gasteiger partial charge >= 0.3 is 0 Å². The Labute approximate surface area is 130 Å². The Hall–Kier alpha value is -1.52. The number of hydrogen-bond acceptors (Lipinski definition) is 3. The molecule has 0 aliphatic heterocycles. The first-order chi connectivity index (χ1) is 10.2. The highest BCUT2D eigenvalue weighted by Gasteiger charge is 2.09. The zero-order valence-electron chi connectivity index (χ0n) is 13.0. The van der Waals surface area contributed by atoms with Gasteiger partial charge in [-0.3, -0.25) is 0 Å². The summed E-state index contributed by atoms with van der Waals surface area (Å²) < 4.78 is 11.3. The number of benzene rings is 1. The summed E-state index contributed by atoms with van der Waals surface area (Å²) in [7, 11) is 1.69. The third-order valence-corrected chi connectivity index (χ3v) is 4.43. The molecule has 0 radical (unpaired) electrons. The average Bonchev–Trinajstić information content (AvgIpc) is 3.04. The first-order valence-electron chi connectivity index (χ1n) is 7.38. The minimum Gasteiger partial charge on any atom is -0.493 e. The number of quaternary nitrogens is 1. The van der Waals surface area contributed by atoms with E-state index in [-0.39, 0.29) is 0 Å². The standard InChI is InChI=1S/C17H23NO2S/c1-4-13(2)18-11-14-7-8-16(17(10-14)19-3)20-12-15-6-5-9-21-15/h5-10,13,18H,4,11-12H2,1-3H3/p+1/t13-/m0/s1. The molecule has 114 valence electrons. The van der Waals surface area contributed by atoms with Crippen LogP contribution in [-0.2, 0) is 13.2 Å². The molecule has 0 saturated heterocycles. The summed E-state index contributed by atoms with van der Waals surface area (Å²) in [6.07, 6.45) is 1.18. The van der Waals surface area contributed by atoms with E-state index in [0.29, 0.717) is 12.6 Å². The molecule has 0 fully saturated rings. The molecule has 0 amide bonds. The summed E-state index contributed by atoms with van der Waals surface area (Å²) >= 11 is 1.70. The van der Waals surface area contributed by atoms with E-state index in [4.69, 9.17) is 9.47 Å². The summed E-state index contributed by atoms with van der Waals surface area (Å²) in [5, 5.41) is 4.41. The molecule has 0 unspecified atom stereocenters. The van der Waals surface area contributed by atoms with Gasteiger partial charge in [-0.15, -0.1) is 11.3 Å². The predicted octanol–water partition coefficient (Wildman–Crippen LogP) is 3.20. The molecule has 0 aliphatic rings. The van der Waals surface area contributed by atoms with Crippen LogP contribution in [0, 0.1) is 0 Å². The molecule has 1 heterocycles. The minimum atomic E-state index is 0.590. The Morgan fingerprint density at radius 2 is 2.10 bits per heavy atom. The van der Waals surface area contributed by atoms with Crippen molar-refractivity contribution in [3.63, 3.8) is 0 Å². The summed E-state index contributed by atoms with van der Waals surface area (Å²) in [6, 6.07) is 11.0. The van der Waals surface area contributed by atoms with Crippen molar-refractivity contribution in [3.8, 4) is 11.5 Å². The van der Waals surface area contributed by atoms with E-state index in [0.717, 1.165) is 18.0 Å². The van der Waals surface area contributed by atoms with Crippen LogP contribution in [0.5, 0.6) is 11.5 Å². The molecule has 0 spiro atoms. The smallest absolute Gasteiger partial charge is 0.161 e. The minimum absolute atomic E-state index is 0.590. The zero-order valence-corrected chi connectivity index (χ0v) is 13.8. The fourth-order valence-corrected chi connectivity index (χ4v) is 2.62. The SMILES string of the molecule is CC[C@H](C)[NH2+]Cc1ccc(OCc2cccs2)c(OC)c1. The predicted molar refractivity (Wildman–Crippen MR) is 87.0 cm³/mol. The van der Waals surface area contributed by atoms with Crippen LogP contribution in [0.4, 0.5) is 0 Å². The van der Waals surface area contributed by atoms with E-state index in [2.05, 4.69) is 42.7 Å². The lowest BCUT2D eigenvalue weighted by atomic mass is 10.1. The van der Waals surface area contributed by atoms with Crippen LogP contribution in [0.25, 0.3) is 0 Å². The zero-order chi connectivity index (χ0) is 15.1. The lowest BCUT2D eigenvalue weighted by molar-refractivity contribution is -0.701. The third kappa shape index (κ3) is 4.76. The van der Waals surface area contributed by atoms with Gasteiger partial charge in [-0.1, -0.05) is 13.0 Å². The van der Waals surface area contributed by atoms with Crippen molar-refractivity contribution in [1.29, 1.82) is 0 Å². The monoisotopic (exact) mass is 306 g/mol. The second kappa shape index (κ2) is 8.05. The summed E-state index contributed by atoms with van der Waals surface area (Å²) in [4.78, 5) is 1.21. The molecule has 1 atom stereocenters. The first kappa shape index (κ1) is 15.9. The van der Waals surface area contributed by atoms with Crippen molar-refractivity contribution in [1.82, 2.24) is 0 Å². The number of thiophene rings is 1. The quantitative estimate of drug-likeness (QED) is 0.813. The van der Waals surface area contributed by atoms with Gasteiger partial charge in [-0.2, -0.15) is 0 Å². The first-order valence-corrected chi connectivity index (χ1v) is 8.26. The molecule has 0 bridgehead atoms. The molecule has 0 saturated carbocycles. The van der Waals surface area contributed by atoms with Crippen LogP contribution in [0.15, 0.2) is 35.7 Å². The summed E-state index contributed by atoms with van der Waals surface area (Å²) in [6.45, 7) is 6.02. The van der Waals surface area contributed by atoms with Crippen LogP contribution in [-0.4, -0.2) is 13.2 Å². The second-order valence-corrected chi connectivity index (χ2v) is 6.21. The van der Waals surface area contributed by atoms with Crippen molar-refractivity contribution in [2.24, 2.45) is 0 Å². The fourth-order valence-electron chi connectivity index (χ4n) is 2.01. The topological polar surface area (TPSA) is 35.1 Å². The Morgan fingerprint density at radius 1 is 1.24 bits per heavy atom. The van der Waals surface area contributed by atoms with Crippen molar-refractivity contribution in [3.05, 3.63) is 46.2 Å². The van der Waals surface area contributed by atoms with Crippen LogP contribution < -0.4 is 14.8 Å². The van der Waals surface area contributed by atoms with Gasteiger partial charge in [0.25, 0.3) is 0 Å². The van der Waals surface area contributed by atoms with Gasteiger partial charge in [0, 0.05) is 10.4 Å². The summed E-state index contributed by atoms with van der Waals surface area (Å²) in [5.41, 5.74) is 1.26. The van der Waals surface area contributed by atoms with Crippen LogP contribution in [0.2, 0.25) is 0 Å². The van der Waals surface area contributed by atoms with Gasteiger partial charge < -0.3 is 14.8 Å². The second-order valence-electron chi connectivity index (χ2n) is 5.18. The molecule has 3 nitrogen and oxygen atoms in total. The lowest BCUT2D eigenvalue weighted by Crippen LogP contribution is -2.87. The molecule has 21 heavy (non-hydrogen) atoms. The van der Waals surface area contributed by atoms with Gasteiger partial charge in [0.05, 0.1) is 13.2 Å². The molecule has 2 rings (SSSR count). The van der Waals surface area contributed by atoms with Crippen molar-refractivity contribution in [2.45, 2.75) is 39.5 Å². The third-order valence-electron chi connectivity index (χ3n) is 3.58. The molecule has 1 aromatic heterocycles. The van der Waals surface area contributed by atoms with Crippen LogP contribution in [0.3, 0.4) is 0 Å². The van der Waals surface area contributed by atoms with Crippen LogP contribution in [0.1, 0.15) is 30.7 Å². The van der Waals surface area contributed by atoms with E-state index >= 15 is 0 Å². The Kier molecular flexibility index (Phi) is 6.08. The van der Waals surface area contributed by atoms with Gasteiger partial charge in [0.1, 0.15) is 13.2 Å². The van der Waals surface area contributed by atoms with E-state index in [1.807, 2.05) is 12.1 Å². The number of methoxy groups -OCH3 is 1. The van der Waals surface area contributed by atoms with E-state index in [1.165, 1.54) is 16.9 Å². The maximum Gasteiger partial charge on any atom is 0.161 e. The molecule has 2 N–H and O–H groups in total. The largest absolute Gasteiger partial charge is 0.493 e. The van der Waals surface area contributed by atoms with Gasteiger partial charge in [-0.25, -0.2) is 0 Å². The number of hydrogen-bond donors (Lipinski definition) is 1. The van der Waals surface area contributed by atoms with E-state index in [9.17, 15) is 0 Å². The van der Waals surface area contributed by atoms with Gasteiger partial charge in [0.2, 0.25) is 0 Å². The fraction of sp³-hybridized carbons (Fsp3) is 0.412. The molecule has 0 aliphatic carbocycles. The average molecular weight is 306 g/mol. The maximum atomic E-state index is 5.85. The highest BCUT2D eigenvalue weighted by Crippen LogP contribution is 2.29. The highest BCUT2D eigenvalue weighted by atomic mass is 32.1. The molecule has 1 aromatic carbocycles. The van der Waals surface area contributed by atoms with Crippen molar-refractivity contribution in [2.75, 3.05) is 7.11 Å². The molecule has 4 heteroatoms. The lowest BCUT2D eigenvalue weighted by Gasteiger charge is -2.12. The molecular formula is C17H24NO2S+. The number of nitrogens with two attached hydrogens (primary N) is 1. The van der Waals surface area contributed by atoms with E-state index < -0.39 is 0 Å². The van der Waals surface area contributed by atoms with Crippen molar-refractivity contribution >= 4 is 11.3 Å². The summed E-state index contributed by atoms with van der Waals surface area (Å²) in [5.74, 6) is 1.61. The molecular weight excluding hydrogens is 282 g/mol. The van der Waals surface area contributed by atoms with Crippen molar-refractivity contribution < 1.29 is 14.8 Å². The normalized spacial score (nSPS) is 12.1. The van der Waals surface area contributed by atoms with E-state index in [1.54, 1.807) is 18.4 Å². The van der Waals surface area contributed by atoms with Gasteiger partial charge in [0.15, 0.2) is 11.5 Å². The van der Waals surface area contributed by atoms with Crippen LogP contribution >= 0.6 is 11.3 Å². The molecule has 2 aromatic rings. The Balaban J connectivity index is 1.98. The van der Waals surface area contributed by atoms with Gasteiger partial charge in [-0.05, 0) is 43.0 Å². The Bertz CT molecular complexity index is 540.